The lowest BCUT2D eigenvalue weighted by atomic mass is 10.1. The second-order valence-electron chi connectivity index (χ2n) is 6.02. The van der Waals surface area contributed by atoms with Gasteiger partial charge in [0.1, 0.15) is 5.75 Å². The molecule has 0 aliphatic heterocycles. The number of hydrogen-bond donors (Lipinski definition) is 0. The van der Waals surface area contributed by atoms with Gasteiger partial charge in [-0.2, -0.15) is 0 Å². The van der Waals surface area contributed by atoms with E-state index in [0.29, 0.717) is 13.0 Å². The summed E-state index contributed by atoms with van der Waals surface area (Å²) in [5.74, 6) is 0.727. The molecule has 0 spiro atoms. The summed E-state index contributed by atoms with van der Waals surface area (Å²) in [6, 6.07) is 5.96. The molecule has 134 valence electrons. The zero-order valence-electron chi connectivity index (χ0n) is 15.5. The first-order chi connectivity index (χ1) is 11.7. The summed E-state index contributed by atoms with van der Waals surface area (Å²) in [5.41, 5.74) is 2.01. The second-order valence-corrected chi connectivity index (χ2v) is 6.02. The lowest BCUT2D eigenvalue weighted by molar-refractivity contribution is -0.142. The van der Waals surface area contributed by atoms with Crippen molar-refractivity contribution in [2.24, 2.45) is 0 Å². The summed E-state index contributed by atoms with van der Waals surface area (Å²) < 4.78 is 11.1. The van der Waals surface area contributed by atoms with E-state index in [4.69, 9.17) is 9.47 Å². The van der Waals surface area contributed by atoms with Crippen LogP contribution in [0.4, 0.5) is 0 Å². The number of esters is 1. The Labute approximate surface area is 147 Å². The molecule has 0 radical (unpaired) electrons. The van der Waals surface area contributed by atoms with Crippen molar-refractivity contribution in [3.63, 3.8) is 0 Å². The molecule has 0 heterocycles. The summed E-state index contributed by atoms with van der Waals surface area (Å²) in [5, 5.41) is 0. The van der Waals surface area contributed by atoms with E-state index in [1.54, 1.807) is 0 Å². The second kappa shape index (κ2) is 12.6. The minimum Gasteiger partial charge on any atom is -0.493 e. The highest BCUT2D eigenvalue weighted by molar-refractivity contribution is 5.73. The number of allylic oxidation sites excluding steroid dienone is 1. The highest BCUT2D eigenvalue weighted by atomic mass is 16.5. The number of hydrogen-bond acceptors (Lipinski definition) is 3. The van der Waals surface area contributed by atoms with Gasteiger partial charge in [0.15, 0.2) is 0 Å². The van der Waals surface area contributed by atoms with Crippen molar-refractivity contribution < 1.29 is 14.3 Å². The van der Waals surface area contributed by atoms with Gasteiger partial charge in [0, 0.05) is 5.56 Å². The molecule has 0 fully saturated rings. The molecule has 0 saturated carbocycles. The predicted octanol–water partition coefficient (Wildman–Crippen LogP) is 5.56. The third kappa shape index (κ3) is 8.19. The Bertz CT molecular complexity index is 506. The van der Waals surface area contributed by atoms with Crippen LogP contribution in [0.25, 0.3) is 6.08 Å². The van der Waals surface area contributed by atoms with E-state index in [1.807, 2.05) is 18.2 Å². The molecule has 0 aromatic heterocycles. The Hall–Kier alpha value is -1.77. The summed E-state index contributed by atoms with van der Waals surface area (Å²) in [7, 11) is 0. The molecule has 0 bridgehead atoms. The van der Waals surface area contributed by atoms with Gasteiger partial charge in [-0.15, -0.1) is 0 Å². The van der Waals surface area contributed by atoms with E-state index < -0.39 is 0 Å². The van der Waals surface area contributed by atoms with Crippen LogP contribution in [-0.2, 0) is 16.0 Å². The Morgan fingerprint density at radius 3 is 2.50 bits per heavy atom. The fraction of sp³-hybridized carbons (Fsp3) is 0.571. The maximum atomic E-state index is 11.9. The van der Waals surface area contributed by atoms with Gasteiger partial charge in [0.25, 0.3) is 0 Å². The largest absolute Gasteiger partial charge is 0.493 e. The van der Waals surface area contributed by atoms with E-state index in [1.165, 1.54) is 0 Å². The summed E-state index contributed by atoms with van der Waals surface area (Å²) >= 11 is 0. The zero-order valence-corrected chi connectivity index (χ0v) is 15.5. The normalized spacial score (nSPS) is 11.0. The van der Waals surface area contributed by atoms with Crippen molar-refractivity contribution in [2.75, 3.05) is 13.2 Å². The Balaban J connectivity index is 2.75. The Kier molecular flexibility index (Phi) is 10.7. The van der Waals surface area contributed by atoms with Crippen LogP contribution in [0.1, 0.15) is 70.4 Å². The van der Waals surface area contributed by atoms with Gasteiger partial charge in [-0.3, -0.25) is 4.79 Å². The Morgan fingerprint density at radius 2 is 1.79 bits per heavy atom. The SMILES string of the molecule is CCC/C=C/c1cc(CC(=O)OCCCC)ccc1OCCCC. The quantitative estimate of drug-likeness (QED) is 0.371. The molecule has 1 aromatic carbocycles. The third-order valence-corrected chi connectivity index (χ3v) is 3.69. The maximum absolute atomic E-state index is 11.9. The van der Waals surface area contributed by atoms with E-state index in [9.17, 15) is 4.79 Å². The zero-order chi connectivity index (χ0) is 17.6. The van der Waals surface area contributed by atoms with Crippen LogP contribution >= 0.6 is 0 Å². The molecule has 1 aromatic rings. The van der Waals surface area contributed by atoms with Gasteiger partial charge in [0.05, 0.1) is 19.6 Å². The average molecular weight is 332 g/mol. The first-order valence-corrected chi connectivity index (χ1v) is 9.29. The van der Waals surface area contributed by atoms with Crippen molar-refractivity contribution >= 4 is 12.0 Å². The van der Waals surface area contributed by atoms with E-state index in [2.05, 4.69) is 32.9 Å². The van der Waals surface area contributed by atoms with Crippen LogP contribution in [0.15, 0.2) is 24.3 Å². The van der Waals surface area contributed by atoms with E-state index in [-0.39, 0.29) is 5.97 Å². The van der Waals surface area contributed by atoms with Gasteiger partial charge in [0.2, 0.25) is 0 Å². The number of ether oxygens (including phenoxy) is 2. The standard InChI is InChI=1S/C21H32O3/c1-4-7-10-11-19-16-18(17-21(22)24-15-9-6-3)12-13-20(19)23-14-8-5-2/h10-13,16H,4-9,14-15,17H2,1-3H3/b11-10+. The van der Waals surface area contributed by atoms with Gasteiger partial charge in [-0.05, 0) is 37.0 Å². The van der Waals surface area contributed by atoms with Crippen molar-refractivity contribution in [2.45, 2.75) is 65.7 Å². The summed E-state index contributed by atoms with van der Waals surface area (Å²) in [6.45, 7) is 7.63. The third-order valence-electron chi connectivity index (χ3n) is 3.69. The van der Waals surface area contributed by atoms with Gasteiger partial charge >= 0.3 is 5.97 Å². The molecular formula is C21H32O3. The van der Waals surface area contributed by atoms with Crippen molar-refractivity contribution in [3.8, 4) is 5.75 Å². The fourth-order valence-electron chi connectivity index (χ4n) is 2.22. The monoisotopic (exact) mass is 332 g/mol. The molecule has 0 N–H and O–H groups in total. The molecule has 1 rings (SSSR count). The Morgan fingerprint density at radius 1 is 1.04 bits per heavy atom. The molecule has 24 heavy (non-hydrogen) atoms. The molecule has 3 heteroatoms. The van der Waals surface area contributed by atoms with Crippen LogP contribution < -0.4 is 4.74 Å². The highest BCUT2D eigenvalue weighted by Crippen LogP contribution is 2.23. The van der Waals surface area contributed by atoms with Crippen LogP contribution in [0.3, 0.4) is 0 Å². The van der Waals surface area contributed by atoms with Crippen LogP contribution in [0.2, 0.25) is 0 Å². The molecule has 0 unspecified atom stereocenters. The minimum absolute atomic E-state index is 0.161. The average Bonchev–Trinajstić information content (AvgIpc) is 2.57. The predicted molar refractivity (Wildman–Crippen MR) is 100 cm³/mol. The first-order valence-electron chi connectivity index (χ1n) is 9.29. The highest BCUT2D eigenvalue weighted by Gasteiger charge is 2.08. The number of carbonyl (C=O) groups is 1. The number of unbranched alkanes of at least 4 members (excludes halogenated alkanes) is 3. The smallest absolute Gasteiger partial charge is 0.310 e. The van der Waals surface area contributed by atoms with Crippen LogP contribution in [0, 0.1) is 0 Å². The molecule has 3 nitrogen and oxygen atoms in total. The number of carbonyl (C=O) groups excluding carboxylic acids is 1. The number of benzene rings is 1. The van der Waals surface area contributed by atoms with Crippen molar-refractivity contribution in [1.29, 1.82) is 0 Å². The fourth-order valence-corrected chi connectivity index (χ4v) is 2.22. The molecular weight excluding hydrogens is 300 g/mol. The van der Waals surface area contributed by atoms with Crippen LogP contribution in [-0.4, -0.2) is 19.2 Å². The molecule has 0 atom stereocenters. The lowest BCUT2D eigenvalue weighted by Crippen LogP contribution is -2.09. The molecule has 0 amide bonds. The minimum atomic E-state index is -0.161. The maximum Gasteiger partial charge on any atom is 0.310 e. The van der Waals surface area contributed by atoms with E-state index >= 15 is 0 Å². The first kappa shape index (κ1) is 20.3. The van der Waals surface area contributed by atoms with Crippen molar-refractivity contribution in [3.05, 3.63) is 35.4 Å². The van der Waals surface area contributed by atoms with Gasteiger partial charge in [-0.25, -0.2) is 0 Å². The summed E-state index contributed by atoms with van der Waals surface area (Å²) in [4.78, 5) is 11.9. The van der Waals surface area contributed by atoms with Crippen molar-refractivity contribution in [1.82, 2.24) is 0 Å². The molecule has 0 aliphatic rings. The van der Waals surface area contributed by atoms with Gasteiger partial charge < -0.3 is 9.47 Å². The topological polar surface area (TPSA) is 35.5 Å². The molecule has 0 aliphatic carbocycles. The number of rotatable bonds is 12. The molecule has 0 saturated heterocycles. The van der Waals surface area contributed by atoms with Crippen LogP contribution in [0.5, 0.6) is 5.75 Å². The van der Waals surface area contributed by atoms with E-state index in [0.717, 1.165) is 62.0 Å². The van der Waals surface area contributed by atoms with Gasteiger partial charge in [-0.1, -0.05) is 58.3 Å². The summed E-state index contributed by atoms with van der Waals surface area (Å²) in [6.07, 6.45) is 10.8. The lowest BCUT2D eigenvalue weighted by Gasteiger charge is -2.11.